The summed E-state index contributed by atoms with van der Waals surface area (Å²) < 4.78 is 2.40. The maximum Gasteiger partial charge on any atom is 0.164 e. The van der Waals surface area contributed by atoms with Crippen molar-refractivity contribution in [3.63, 3.8) is 0 Å². The van der Waals surface area contributed by atoms with Gasteiger partial charge in [0.05, 0.1) is 11.0 Å². The number of rotatable bonds is 5. The summed E-state index contributed by atoms with van der Waals surface area (Å²) in [5, 5.41) is 9.97. The monoisotopic (exact) mass is 674 g/mol. The van der Waals surface area contributed by atoms with Gasteiger partial charge in [-0.1, -0.05) is 140 Å². The minimum Gasteiger partial charge on any atom is -0.309 e. The van der Waals surface area contributed by atoms with E-state index >= 15 is 0 Å². The third kappa shape index (κ3) is 4.73. The van der Waals surface area contributed by atoms with Crippen LogP contribution in [-0.4, -0.2) is 19.5 Å². The molecular weight excluding hydrogens is 645 g/mol. The summed E-state index contributed by atoms with van der Waals surface area (Å²) in [6.45, 7) is 0. The third-order valence-corrected chi connectivity index (χ3v) is 10.6. The second kappa shape index (κ2) is 11.7. The zero-order chi connectivity index (χ0) is 34.9. The maximum atomic E-state index is 5.09. The van der Waals surface area contributed by atoms with Gasteiger partial charge in [-0.15, -0.1) is 0 Å². The van der Waals surface area contributed by atoms with E-state index in [1.54, 1.807) is 0 Å². The number of aromatic nitrogens is 4. The number of hydrogen-bond acceptors (Lipinski definition) is 3. The Kier molecular flexibility index (Phi) is 6.52. The van der Waals surface area contributed by atoms with Crippen molar-refractivity contribution in [2.45, 2.75) is 0 Å². The number of fused-ring (bicyclic) bond motifs is 4. The fourth-order valence-electron chi connectivity index (χ4n) is 8.09. The van der Waals surface area contributed by atoms with Gasteiger partial charge in [0.15, 0.2) is 17.5 Å². The van der Waals surface area contributed by atoms with Crippen LogP contribution < -0.4 is 0 Å². The SMILES string of the molecule is c1ccc(-c2ccc(-c3nc(-c4ccccc4)nc(-c4ccc5cc6c(cc5c4)c4cccc5c4c4c6cccc4n5-c4ccccc4)n3)cc2)cc1. The lowest BCUT2D eigenvalue weighted by molar-refractivity contribution is 1.07. The van der Waals surface area contributed by atoms with Crippen LogP contribution in [-0.2, 0) is 0 Å². The molecule has 0 unspecified atom stereocenters. The molecule has 0 radical (unpaired) electrons. The minimum atomic E-state index is 0.647. The van der Waals surface area contributed by atoms with Gasteiger partial charge < -0.3 is 4.57 Å². The first kappa shape index (κ1) is 29.5. The van der Waals surface area contributed by atoms with Crippen molar-refractivity contribution in [3.05, 3.63) is 182 Å². The molecule has 0 N–H and O–H groups in total. The molecule has 0 aliphatic rings. The molecule has 0 fully saturated rings. The Labute approximate surface area is 305 Å². The van der Waals surface area contributed by atoms with Gasteiger partial charge in [-0.2, -0.15) is 0 Å². The van der Waals surface area contributed by atoms with Crippen LogP contribution in [0.3, 0.4) is 0 Å². The summed E-state index contributed by atoms with van der Waals surface area (Å²) in [6, 6.07) is 64.4. The predicted molar refractivity (Wildman–Crippen MR) is 220 cm³/mol. The second-order valence-corrected chi connectivity index (χ2v) is 13.6. The van der Waals surface area contributed by atoms with Crippen molar-refractivity contribution in [1.29, 1.82) is 0 Å². The van der Waals surface area contributed by atoms with Crippen molar-refractivity contribution in [2.75, 3.05) is 0 Å². The Morgan fingerprint density at radius 2 is 0.755 bits per heavy atom. The van der Waals surface area contributed by atoms with Gasteiger partial charge >= 0.3 is 0 Å². The van der Waals surface area contributed by atoms with Crippen LogP contribution in [0, 0.1) is 0 Å². The highest BCUT2D eigenvalue weighted by Gasteiger charge is 2.20. The Hall–Kier alpha value is -7.17. The molecule has 11 aromatic rings. The normalized spacial score (nSPS) is 11.8. The number of para-hydroxylation sites is 1. The summed E-state index contributed by atoms with van der Waals surface area (Å²) in [4.78, 5) is 15.1. The van der Waals surface area contributed by atoms with Crippen molar-refractivity contribution in [3.8, 4) is 51.0 Å². The van der Waals surface area contributed by atoms with Crippen LogP contribution in [0.1, 0.15) is 0 Å². The Morgan fingerprint density at radius 1 is 0.302 bits per heavy atom. The fourth-order valence-corrected chi connectivity index (χ4v) is 8.09. The average Bonchev–Trinajstić information content (AvgIpc) is 3.59. The smallest absolute Gasteiger partial charge is 0.164 e. The lowest BCUT2D eigenvalue weighted by atomic mass is 9.92. The van der Waals surface area contributed by atoms with Crippen LogP contribution in [0.15, 0.2) is 182 Å². The van der Waals surface area contributed by atoms with Gasteiger partial charge in [-0.25, -0.2) is 15.0 Å². The van der Waals surface area contributed by atoms with E-state index in [0.717, 1.165) is 27.6 Å². The molecule has 4 nitrogen and oxygen atoms in total. The second-order valence-electron chi connectivity index (χ2n) is 13.6. The molecule has 0 aliphatic heterocycles. The zero-order valence-corrected chi connectivity index (χ0v) is 28.6. The van der Waals surface area contributed by atoms with Crippen LogP contribution in [0.5, 0.6) is 0 Å². The van der Waals surface area contributed by atoms with Gasteiger partial charge in [-0.3, -0.25) is 0 Å². The molecule has 9 aromatic carbocycles. The van der Waals surface area contributed by atoms with Gasteiger partial charge in [0.2, 0.25) is 0 Å². The number of nitrogens with zero attached hydrogens (tertiary/aromatic N) is 4. The third-order valence-electron chi connectivity index (χ3n) is 10.6. The summed E-state index contributed by atoms with van der Waals surface area (Å²) in [5.41, 5.74) is 8.80. The molecule has 0 bridgehead atoms. The van der Waals surface area contributed by atoms with Crippen LogP contribution >= 0.6 is 0 Å². The molecule has 0 amide bonds. The predicted octanol–water partition coefficient (Wildman–Crippen LogP) is 12.5. The van der Waals surface area contributed by atoms with E-state index in [2.05, 4.69) is 162 Å². The van der Waals surface area contributed by atoms with E-state index in [1.165, 1.54) is 60.0 Å². The molecule has 11 rings (SSSR count). The molecule has 0 saturated heterocycles. The fraction of sp³-hybridized carbons (Fsp3) is 0. The highest BCUT2D eigenvalue weighted by molar-refractivity contribution is 6.35. The first-order chi connectivity index (χ1) is 26.3. The topological polar surface area (TPSA) is 43.6 Å². The van der Waals surface area contributed by atoms with E-state index in [9.17, 15) is 0 Å². The maximum absolute atomic E-state index is 5.09. The van der Waals surface area contributed by atoms with Crippen LogP contribution in [0.4, 0.5) is 0 Å². The Morgan fingerprint density at radius 3 is 1.36 bits per heavy atom. The summed E-state index contributed by atoms with van der Waals surface area (Å²) in [7, 11) is 0. The minimum absolute atomic E-state index is 0.647. The van der Waals surface area contributed by atoms with E-state index in [1.807, 2.05) is 24.3 Å². The molecule has 0 atom stereocenters. The zero-order valence-electron chi connectivity index (χ0n) is 28.6. The molecule has 53 heavy (non-hydrogen) atoms. The molecule has 4 heteroatoms. The Balaban J connectivity index is 1.10. The summed E-state index contributed by atoms with van der Waals surface area (Å²) in [5.74, 6) is 1.95. The van der Waals surface area contributed by atoms with Crippen molar-refractivity contribution < 1.29 is 0 Å². The first-order valence-corrected chi connectivity index (χ1v) is 17.9. The van der Waals surface area contributed by atoms with E-state index < -0.39 is 0 Å². The molecule has 2 heterocycles. The lowest BCUT2D eigenvalue weighted by Gasteiger charge is -2.12. The largest absolute Gasteiger partial charge is 0.309 e. The molecule has 0 aliphatic carbocycles. The number of benzene rings is 9. The van der Waals surface area contributed by atoms with E-state index in [0.29, 0.717) is 17.5 Å². The van der Waals surface area contributed by atoms with E-state index in [-0.39, 0.29) is 0 Å². The molecule has 0 saturated carbocycles. The van der Waals surface area contributed by atoms with Gasteiger partial charge in [0.1, 0.15) is 0 Å². The summed E-state index contributed by atoms with van der Waals surface area (Å²) in [6.07, 6.45) is 0. The van der Waals surface area contributed by atoms with E-state index in [4.69, 9.17) is 15.0 Å². The van der Waals surface area contributed by atoms with Crippen LogP contribution in [0.2, 0.25) is 0 Å². The van der Waals surface area contributed by atoms with Gasteiger partial charge in [0.25, 0.3) is 0 Å². The molecule has 2 aromatic heterocycles. The first-order valence-electron chi connectivity index (χ1n) is 17.9. The van der Waals surface area contributed by atoms with Crippen molar-refractivity contribution in [2.24, 2.45) is 0 Å². The van der Waals surface area contributed by atoms with Gasteiger partial charge in [-0.05, 0) is 85.9 Å². The highest BCUT2D eigenvalue weighted by atomic mass is 15.0. The average molecular weight is 675 g/mol. The van der Waals surface area contributed by atoms with Crippen LogP contribution in [0.25, 0.3) is 105 Å². The highest BCUT2D eigenvalue weighted by Crippen LogP contribution is 2.44. The Bertz CT molecular complexity index is 3130. The standard InChI is InChI=1S/C49H30N4/c1-4-12-31(13-5-1)32-22-24-34(25-23-32)48-50-47(33-14-6-2-7-15-33)51-49(52-48)36-27-26-35-29-41-39-18-10-20-43-45(39)46-40(42(41)30-37(35)28-36)19-11-21-44(46)53(43)38-16-8-3-9-17-38/h1-30H. The molecular formula is C49H30N4. The molecule has 0 spiro atoms. The van der Waals surface area contributed by atoms with Crippen molar-refractivity contribution in [1.82, 2.24) is 19.5 Å². The summed E-state index contributed by atoms with van der Waals surface area (Å²) >= 11 is 0. The quantitative estimate of drug-likeness (QED) is 0.135. The lowest BCUT2D eigenvalue weighted by Crippen LogP contribution is -2.00. The van der Waals surface area contributed by atoms with Gasteiger partial charge in [0, 0.05) is 33.2 Å². The number of hydrogen-bond donors (Lipinski definition) is 0. The molecule has 246 valence electrons. The van der Waals surface area contributed by atoms with Crippen molar-refractivity contribution >= 4 is 54.1 Å².